The fraction of sp³-hybridized carbons (Fsp3) is 0.250. The number of carbonyl (C=O) groups is 1. The van der Waals surface area contributed by atoms with Crippen molar-refractivity contribution in [1.29, 1.82) is 0 Å². The van der Waals surface area contributed by atoms with E-state index in [0.29, 0.717) is 4.34 Å². The first-order valence-corrected chi connectivity index (χ1v) is 7.38. The van der Waals surface area contributed by atoms with E-state index in [2.05, 4.69) is 10.2 Å². The number of aryl methyl sites for hydroxylation is 1. The van der Waals surface area contributed by atoms with Crippen LogP contribution in [0.25, 0.3) is 0 Å². The van der Waals surface area contributed by atoms with Gasteiger partial charge in [0, 0.05) is 5.69 Å². The van der Waals surface area contributed by atoms with Gasteiger partial charge in [-0.2, -0.15) is 0 Å². The van der Waals surface area contributed by atoms with E-state index in [0.717, 1.165) is 22.8 Å². The molecular weight excluding hydrogens is 301 g/mol. The van der Waals surface area contributed by atoms with E-state index >= 15 is 0 Å². The summed E-state index contributed by atoms with van der Waals surface area (Å²) in [6, 6.07) is 2.49. The topological polar surface area (TPSA) is 78.1 Å². The maximum Gasteiger partial charge on any atom is 0.340 e. The lowest BCUT2D eigenvalue weighted by Gasteiger charge is -2.08. The number of hydrogen-bond donors (Lipinski definition) is 1. The maximum atomic E-state index is 13.9. The van der Waals surface area contributed by atoms with Crippen LogP contribution in [-0.2, 0) is 4.74 Å². The molecule has 1 aromatic heterocycles. The number of halogens is 1. The van der Waals surface area contributed by atoms with Crippen LogP contribution in [0.2, 0.25) is 0 Å². The summed E-state index contributed by atoms with van der Waals surface area (Å²) in [7, 11) is 0. The molecule has 0 saturated heterocycles. The Morgan fingerprint density at radius 2 is 2.25 bits per heavy atom. The second-order valence-electron chi connectivity index (χ2n) is 3.78. The number of aromatic nitrogens is 2. The van der Waals surface area contributed by atoms with E-state index in [1.165, 1.54) is 17.4 Å². The second-order valence-corrected chi connectivity index (χ2v) is 6.25. The van der Waals surface area contributed by atoms with Gasteiger partial charge in [0.05, 0.1) is 17.1 Å². The van der Waals surface area contributed by atoms with Gasteiger partial charge in [-0.05, 0) is 26.0 Å². The van der Waals surface area contributed by atoms with Gasteiger partial charge in [-0.15, -0.1) is 10.2 Å². The molecule has 0 saturated carbocycles. The number of nitrogens with zero attached hydrogens (tertiary/aromatic N) is 2. The molecule has 8 heteroatoms. The fourth-order valence-corrected chi connectivity index (χ4v) is 3.26. The first-order chi connectivity index (χ1) is 9.51. The molecule has 20 heavy (non-hydrogen) atoms. The van der Waals surface area contributed by atoms with E-state index in [9.17, 15) is 9.18 Å². The van der Waals surface area contributed by atoms with Crippen molar-refractivity contribution < 1.29 is 13.9 Å². The van der Waals surface area contributed by atoms with Crippen LogP contribution in [0.4, 0.5) is 10.1 Å². The molecule has 2 N–H and O–H groups in total. The number of ether oxygens (including phenoxy) is 1. The van der Waals surface area contributed by atoms with Crippen LogP contribution in [0.1, 0.15) is 22.3 Å². The molecular formula is C12H12FN3O2S2. The smallest absolute Gasteiger partial charge is 0.340 e. The molecule has 1 aromatic carbocycles. The molecule has 0 atom stereocenters. The quantitative estimate of drug-likeness (QED) is 0.691. The molecule has 0 fully saturated rings. The van der Waals surface area contributed by atoms with Gasteiger partial charge >= 0.3 is 5.97 Å². The molecule has 0 aliphatic carbocycles. The molecule has 0 radical (unpaired) electrons. The number of nitrogens with two attached hydrogens (primary N) is 1. The van der Waals surface area contributed by atoms with Gasteiger partial charge in [-0.3, -0.25) is 0 Å². The molecule has 0 aliphatic heterocycles. The summed E-state index contributed by atoms with van der Waals surface area (Å²) in [5, 5.41) is 8.54. The highest BCUT2D eigenvalue weighted by Crippen LogP contribution is 2.34. The predicted molar refractivity (Wildman–Crippen MR) is 75.5 cm³/mol. The van der Waals surface area contributed by atoms with Gasteiger partial charge < -0.3 is 10.5 Å². The molecule has 1 heterocycles. The van der Waals surface area contributed by atoms with Crippen LogP contribution in [0.3, 0.4) is 0 Å². The molecule has 106 valence electrons. The van der Waals surface area contributed by atoms with E-state index in [1.54, 1.807) is 6.92 Å². The van der Waals surface area contributed by atoms with Crippen LogP contribution < -0.4 is 5.73 Å². The minimum Gasteiger partial charge on any atom is -0.462 e. The maximum absolute atomic E-state index is 13.9. The van der Waals surface area contributed by atoms with Crippen LogP contribution in [0, 0.1) is 12.7 Å². The van der Waals surface area contributed by atoms with E-state index < -0.39 is 11.8 Å². The summed E-state index contributed by atoms with van der Waals surface area (Å²) in [6.07, 6.45) is 0. The van der Waals surface area contributed by atoms with Crippen molar-refractivity contribution in [2.24, 2.45) is 0 Å². The summed E-state index contributed by atoms with van der Waals surface area (Å²) in [5.41, 5.74) is 5.85. The van der Waals surface area contributed by atoms with Gasteiger partial charge in [0.15, 0.2) is 4.34 Å². The van der Waals surface area contributed by atoms with E-state index in [-0.39, 0.29) is 22.8 Å². The van der Waals surface area contributed by atoms with Crippen molar-refractivity contribution in [3.63, 3.8) is 0 Å². The predicted octanol–water partition coefficient (Wildman–Crippen LogP) is 2.90. The second kappa shape index (κ2) is 6.19. The minimum atomic E-state index is -0.569. The first kappa shape index (κ1) is 14.7. The standard InChI is InChI=1S/C12H12FN3O2S2/c1-3-18-11(17)7-4-10(8(13)5-9(7)14)20-12-16-15-6(2)19-12/h4-5H,3,14H2,1-2H3. The monoisotopic (exact) mass is 313 g/mol. The third-order valence-electron chi connectivity index (χ3n) is 2.30. The van der Waals surface area contributed by atoms with Crippen molar-refractivity contribution in [2.75, 3.05) is 12.3 Å². The Morgan fingerprint density at radius 1 is 1.50 bits per heavy atom. The Kier molecular flexibility index (Phi) is 4.56. The lowest BCUT2D eigenvalue weighted by atomic mass is 10.2. The van der Waals surface area contributed by atoms with Crippen molar-refractivity contribution in [3.05, 3.63) is 28.5 Å². The number of carbonyl (C=O) groups excluding carboxylic acids is 1. The Balaban J connectivity index is 2.33. The normalized spacial score (nSPS) is 10.6. The zero-order valence-electron chi connectivity index (χ0n) is 10.8. The number of benzene rings is 1. The van der Waals surface area contributed by atoms with E-state index in [4.69, 9.17) is 10.5 Å². The van der Waals surface area contributed by atoms with Gasteiger partial charge in [-0.25, -0.2) is 9.18 Å². The highest BCUT2D eigenvalue weighted by Gasteiger charge is 2.17. The van der Waals surface area contributed by atoms with Crippen LogP contribution in [-0.4, -0.2) is 22.8 Å². The zero-order valence-corrected chi connectivity index (χ0v) is 12.5. The number of hydrogen-bond acceptors (Lipinski definition) is 7. The van der Waals surface area contributed by atoms with Crippen LogP contribution in [0.5, 0.6) is 0 Å². The van der Waals surface area contributed by atoms with Crippen molar-refractivity contribution >= 4 is 34.8 Å². The summed E-state index contributed by atoms with van der Waals surface area (Å²) >= 11 is 2.45. The molecule has 0 spiro atoms. The average molecular weight is 313 g/mol. The molecule has 0 aliphatic rings. The third-order valence-corrected chi connectivity index (χ3v) is 4.23. The summed E-state index contributed by atoms with van der Waals surface area (Å²) < 4.78 is 19.4. The third kappa shape index (κ3) is 3.26. The Labute approximate surface area is 123 Å². The van der Waals surface area contributed by atoms with Gasteiger partial charge in [0.1, 0.15) is 10.8 Å². The molecule has 5 nitrogen and oxygen atoms in total. The molecule has 0 amide bonds. The lowest BCUT2D eigenvalue weighted by molar-refractivity contribution is 0.0527. The SMILES string of the molecule is CCOC(=O)c1cc(Sc2nnc(C)s2)c(F)cc1N. The number of esters is 1. The Hall–Kier alpha value is -1.67. The van der Waals surface area contributed by atoms with Crippen LogP contribution >= 0.6 is 23.1 Å². The van der Waals surface area contributed by atoms with E-state index in [1.807, 2.05) is 6.92 Å². The molecule has 2 rings (SSSR count). The molecule has 2 aromatic rings. The number of rotatable bonds is 4. The van der Waals surface area contributed by atoms with Gasteiger partial charge in [0.25, 0.3) is 0 Å². The zero-order chi connectivity index (χ0) is 14.7. The number of anilines is 1. The Bertz CT molecular complexity index is 646. The molecule has 0 unspecified atom stereocenters. The minimum absolute atomic E-state index is 0.0544. The summed E-state index contributed by atoms with van der Waals surface area (Å²) in [4.78, 5) is 12.0. The first-order valence-electron chi connectivity index (χ1n) is 5.75. The van der Waals surface area contributed by atoms with Crippen molar-refractivity contribution in [2.45, 2.75) is 23.1 Å². The highest BCUT2D eigenvalue weighted by molar-refractivity contribution is 8.01. The average Bonchev–Trinajstić information content (AvgIpc) is 2.78. The number of nitrogen functional groups attached to an aromatic ring is 1. The largest absolute Gasteiger partial charge is 0.462 e. The van der Waals surface area contributed by atoms with Crippen molar-refractivity contribution in [1.82, 2.24) is 10.2 Å². The summed E-state index contributed by atoms with van der Waals surface area (Å²) in [5.74, 6) is -1.08. The van der Waals surface area contributed by atoms with Gasteiger partial charge in [-0.1, -0.05) is 23.1 Å². The summed E-state index contributed by atoms with van der Waals surface area (Å²) in [6.45, 7) is 3.73. The molecule has 0 bridgehead atoms. The lowest BCUT2D eigenvalue weighted by Crippen LogP contribution is -2.08. The van der Waals surface area contributed by atoms with Gasteiger partial charge in [0.2, 0.25) is 0 Å². The van der Waals surface area contributed by atoms with Crippen molar-refractivity contribution in [3.8, 4) is 0 Å². The highest BCUT2D eigenvalue weighted by atomic mass is 32.2. The van der Waals surface area contributed by atoms with Crippen LogP contribution in [0.15, 0.2) is 21.4 Å². The Morgan fingerprint density at radius 3 is 2.85 bits per heavy atom. The fourth-order valence-electron chi connectivity index (χ4n) is 1.45.